The van der Waals surface area contributed by atoms with Crippen molar-refractivity contribution in [2.24, 2.45) is 4.99 Å². The summed E-state index contributed by atoms with van der Waals surface area (Å²) in [5.41, 5.74) is 0.992. The Morgan fingerprint density at radius 1 is 1.26 bits per heavy atom. The highest BCUT2D eigenvalue weighted by Crippen LogP contribution is 2.18. The van der Waals surface area contributed by atoms with Gasteiger partial charge in [0.15, 0.2) is 5.96 Å². The zero-order valence-electron chi connectivity index (χ0n) is 15.5. The molecule has 27 heavy (non-hydrogen) atoms. The summed E-state index contributed by atoms with van der Waals surface area (Å²) in [6, 6.07) is 6.16. The van der Waals surface area contributed by atoms with Crippen LogP contribution in [-0.2, 0) is 16.6 Å². The van der Waals surface area contributed by atoms with Crippen molar-refractivity contribution >= 4 is 38.9 Å². The molecule has 0 unspecified atom stereocenters. The molecule has 7 nitrogen and oxygen atoms in total. The quantitative estimate of drug-likeness (QED) is 0.340. The number of hydrogen-bond donors (Lipinski definition) is 3. The van der Waals surface area contributed by atoms with Crippen LogP contribution in [0.25, 0.3) is 0 Å². The normalized spacial score (nSPS) is 12.2. The molecular weight excluding hydrogens is 406 g/mol. The predicted molar refractivity (Wildman–Crippen MR) is 111 cm³/mol. The summed E-state index contributed by atoms with van der Waals surface area (Å²) in [4.78, 5) is 10.2. The molecular formula is C17H24ClN5O2S2. The van der Waals surface area contributed by atoms with Gasteiger partial charge in [-0.3, -0.25) is 0 Å². The van der Waals surface area contributed by atoms with E-state index in [1.54, 1.807) is 23.5 Å². The third-order valence-corrected chi connectivity index (χ3v) is 6.29. The second-order valence-electron chi connectivity index (χ2n) is 5.72. The number of sulfonamides is 1. The van der Waals surface area contributed by atoms with Gasteiger partial charge in [-0.25, -0.2) is 23.1 Å². The second-order valence-corrected chi connectivity index (χ2v) is 9.21. The first-order chi connectivity index (χ1) is 12.8. The molecule has 2 aromatic rings. The van der Waals surface area contributed by atoms with E-state index in [1.165, 1.54) is 12.1 Å². The molecule has 1 heterocycles. The van der Waals surface area contributed by atoms with Gasteiger partial charge in [-0.1, -0.05) is 17.7 Å². The fourth-order valence-corrected chi connectivity index (χ4v) is 4.49. The van der Waals surface area contributed by atoms with Gasteiger partial charge in [0.25, 0.3) is 0 Å². The predicted octanol–water partition coefficient (Wildman–Crippen LogP) is 2.45. The topological polar surface area (TPSA) is 95.5 Å². The van der Waals surface area contributed by atoms with E-state index >= 15 is 0 Å². The summed E-state index contributed by atoms with van der Waals surface area (Å²) in [6.07, 6.45) is 0. The maximum absolute atomic E-state index is 12.3. The van der Waals surface area contributed by atoms with Crippen molar-refractivity contribution < 1.29 is 8.42 Å². The van der Waals surface area contributed by atoms with Crippen LogP contribution in [0.3, 0.4) is 0 Å². The molecule has 0 spiro atoms. The SMILES string of the molecule is CCNC(=NCc1sc(C)nc1C)NCCNS(=O)(=O)c1cccc(Cl)c1. The van der Waals surface area contributed by atoms with Crippen LogP contribution >= 0.6 is 22.9 Å². The number of aliphatic imine (C=N–C) groups is 1. The summed E-state index contributed by atoms with van der Waals surface area (Å²) >= 11 is 7.48. The lowest BCUT2D eigenvalue weighted by atomic mass is 10.4. The van der Waals surface area contributed by atoms with E-state index in [2.05, 4.69) is 25.3 Å². The van der Waals surface area contributed by atoms with Crippen molar-refractivity contribution in [1.29, 1.82) is 0 Å². The number of nitrogens with one attached hydrogen (secondary N) is 3. The molecule has 0 radical (unpaired) electrons. The maximum atomic E-state index is 12.3. The zero-order chi connectivity index (χ0) is 19.9. The van der Waals surface area contributed by atoms with Crippen molar-refractivity contribution in [3.05, 3.63) is 44.9 Å². The summed E-state index contributed by atoms with van der Waals surface area (Å²) < 4.78 is 27.1. The van der Waals surface area contributed by atoms with Crippen LogP contribution < -0.4 is 15.4 Å². The first-order valence-electron chi connectivity index (χ1n) is 8.52. The largest absolute Gasteiger partial charge is 0.357 e. The number of hydrogen-bond acceptors (Lipinski definition) is 5. The molecule has 0 aliphatic carbocycles. The first kappa shape index (κ1) is 21.6. The van der Waals surface area contributed by atoms with Crippen molar-refractivity contribution in [1.82, 2.24) is 20.3 Å². The number of thiazole rings is 1. The number of benzene rings is 1. The van der Waals surface area contributed by atoms with Crippen LogP contribution in [0.4, 0.5) is 0 Å². The Kier molecular flexibility index (Phi) is 8.03. The van der Waals surface area contributed by atoms with Gasteiger partial charge in [0.05, 0.1) is 22.1 Å². The average Bonchev–Trinajstić information content (AvgIpc) is 2.94. The molecule has 0 aliphatic heterocycles. The number of aryl methyl sites for hydroxylation is 2. The minimum absolute atomic E-state index is 0.145. The molecule has 10 heteroatoms. The summed E-state index contributed by atoms with van der Waals surface area (Å²) in [6.45, 7) is 7.77. The molecule has 1 aromatic carbocycles. The molecule has 0 amide bonds. The lowest BCUT2D eigenvalue weighted by molar-refractivity contribution is 0.580. The minimum Gasteiger partial charge on any atom is -0.357 e. The fourth-order valence-electron chi connectivity index (χ4n) is 2.30. The van der Waals surface area contributed by atoms with Gasteiger partial charge in [0.2, 0.25) is 10.0 Å². The lowest BCUT2D eigenvalue weighted by Crippen LogP contribution is -2.41. The van der Waals surface area contributed by atoms with Crippen LogP contribution in [0.5, 0.6) is 0 Å². The van der Waals surface area contributed by atoms with Crippen LogP contribution in [-0.4, -0.2) is 39.0 Å². The number of guanidine groups is 1. The Morgan fingerprint density at radius 3 is 2.67 bits per heavy atom. The lowest BCUT2D eigenvalue weighted by Gasteiger charge is -2.12. The minimum atomic E-state index is -3.59. The highest BCUT2D eigenvalue weighted by Gasteiger charge is 2.13. The van der Waals surface area contributed by atoms with Crippen molar-refractivity contribution in [3.63, 3.8) is 0 Å². The molecule has 148 valence electrons. The van der Waals surface area contributed by atoms with Crippen molar-refractivity contribution in [2.45, 2.75) is 32.2 Å². The molecule has 1 aromatic heterocycles. The molecule has 0 saturated heterocycles. The highest BCUT2D eigenvalue weighted by atomic mass is 35.5. The Bertz CT molecular complexity index is 896. The van der Waals surface area contributed by atoms with E-state index < -0.39 is 10.0 Å². The summed E-state index contributed by atoms with van der Waals surface area (Å²) in [5, 5.41) is 7.67. The molecule has 3 N–H and O–H groups in total. The smallest absolute Gasteiger partial charge is 0.240 e. The Hall–Kier alpha value is -1.68. The van der Waals surface area contributed by atoms with E-state index in [1.807, 2.05) is 20.8 Å². The first-order valence-corrected chi connectivity index (χ1v) is 11.2. The van der Waals surface area contributed by atoms with E-state index in [0.717, 1.165) is 15.6 Å². The van der Waals surface area contributed by atoms with Gasteiger partial charge in [-0.2, -0.15) is 0 Å². The number of aromatic nitrogens is 1. The molecule has 2 rings (SSSR count). The number of nitrogens with zero attached hydrogens (tertiary/aromatic N) is 2. The van der Waals surface area contributed by atoms with E-state index in [0.29, 0.717) is 30.6 Å². The van der Waals surface area contributed by atoms with Gasteiger partial charge >= 0.3 is 0 Å². The Morgan fingerprint density at radius 2 is 2.04 bits per heavy atom. The van der Waals surface area contributed by atoms with Crippen LogP contribution in [0.1, 0.15) is 22.5 Å². The number of halogens is 1. The van der Waals surface area contributed by atoms with Gasteiger partial charge < -0.3 is 10.6 Å². The Labute approximate surface area is 169 Å². The second kappa shape index (κ2) is 10.0. The van der Waals surface area contributed by atoms with Gasteiger partial charge in [0, 0.05) is 29.5 Å². The van der Waals surface area contributed by atoms with Gasteiger partial charge in [0.1, 0.15) is 0 Å². The Balaban J connectivity index is 1.88. The third kappa shape index (κ3) is 6.76. The summed E-state index contributed by atoms with van der Waals surface area (Å²) in [5.74, 6) is 0.630. The average molecular weight is 430 g/mol. The number of rotatable bonds is 8. The van der Waals surface area contributed by atoms with Crippen LogP contribution in [0.15, 0.2) is 34.2 Å². The third-order valence-electron chi connectivity index (χ3n) is 3.54. The maximum Gasteiger partial charge on any atom is 0.240 e. The molecule has 0 aliphatic rings. The molecule has 0 atom stereocenters. The van der Waals surface area contributed by atoms with Crippen molar-refractivity contribution in [3.8, 4) is 0 Å². The standard InChI is InChI=1S/C17H24ClN5O2S2/c1-4-19-17(21-11-16-12(2)23-13(3)26-16)20-8-9-22-27(24,25)15-7-5-6-14(18)10-15/h5-7,10,22H,4,8-9,11H2,1-3H3,(H2,19,20,21). The van der Waals surface area contributed by atoms with Crippen LogP contribution in [0.2, 0.25) is 5.02 Å². The molecule has 0 bridgehead atoms. The van der Waals surface area contributed by atoms with Crippen LogP contribution in [0, 0.1) is 13.8 Å². The summed E-state index contributed by atoms with van der Waals surface area (Å²) in [7, 11) is -3.59. The monoisotopic (exact) mass is 429 g/mol. The van der Waals surface area contributed by atoms with Crippen molar-refractivity contribution in [2.75, 3.05) is 19.6 Å². The van der Waals surface area contributed by atoms with Gasteiger partial charge in [-0.05, 0) is 39.0 Å². The van der Waals surface area contributed by atoms with Gasteiger partial charge in [-0.15, -0.1) is 11.3 Å². The zero-order valence-corrected chi connectivity index (χ0v) is 17.9. The highest BCUT2D eigenvalue weighted by molar-refractivity contribution is 7.89. The fraction of sp³-hybridized carbons (Fsp3) is 0.412. The van der Waals surface area contributed by atoms with E-state index in [9.17, 15) is 8.42 Å². The molecule has 0 saturated carbocycles. The van der Waals surface area contributed by atoms with E-state index in [4.69, 9.17) is 11.6 Å². The van der Waals surface area contributed by atoms with E-state index in [-0.39, 0.29) is 11.4 Å². The molecule has 0 fully saturated rings.